The maximum atomic E-state index is 11.6. The Bertz CT molecular complexity index is 577. The lowest BCUT2D eigenvalue weighted by Crippen LogP contribution is -2.17. The maximum Gasteiger partial charge on any atom is 0.251 e. The van der Waals surface area contributed by atoms with Gasteiger partial charge in [0.05, 0.1) is 6.54 Å². The van der Waals surface area contributed by atoms with Crippen LogP contribution in [0.4, 0.5) is 5.69 Å². The van der Waals surface area contributed by atoms with Crippen LogP contribution in [-0.4, -0.2) is 22.5 Å². The third-order valence-electron chi connectivity index (χ3n) is 3.07. The van der Waals surface area contributed by atoms with E-state index in [4.69, 9.17) is 0 Å². The molecule has 1 heterocycles. The van der Waals surface area contributed by atoms with E-state index in [1.54, 1.807) is 13.1 Å². The number of aromatic nitrogens is 2. The van der Waals surface area contributed by atoms with Crippen LogP contribution < -0.4 is 10.6 Å². The van der Waals surface area contributed by atoms with Gasteiger partial charge in [0.2, 0.25) is 0 Å². The van der Waals surface area contributed by atoms with Crippen molar-refractivity contribution in [3.05, 3.63) is 48.0 Å². The van der Waals surface area contributed by atoms with Crippen molar-refractivity contribution in [3.8, 4) is 0 Å². The first-order chi connectivity index (χ1) is 9.74. The number of carbonyl (C=O) groups excluding carboxylic acids is 1. The monoisotopic (exact) mass is 272 g/mol. The van der Waals surface area contributed by atoms with E-state index in [-0.39, 0.29) is 5.91 Å². The molecule has 0 fully saturated rings. The van der Waals surface area contributed by atoms with Crippen LogP contribution >= 0.6 is 0 Å². The number of imidazole rings is 1. The van der Waals surface area contributed by atoms with E-state index < -0.39 is 0 Å². The lowest BCUT2D eigenvalue weighted by atomic mass is 10.2. The molecule has 0 radical (unpaired) electrons. The number of benzene rings is 1. The summed E-state index contributed by atoms with van der Waals surface area (Å²) in [5, 5.41) is 5.92. The summed E-state index contributed by atoms with van der Waals surface area (Å²) in [7, 11) is 1.63. The molecule has 1 aromatic carbocycles. The molecule has 0 unspecified atom stereocenters. The highest BCUT2D eigenvalue weighted by Crippen LogP contribution is 2.12. The van der Waals surface area contributed by atoms with Gasteiger partial charge in [-0.3, -0.25) is 4.79 Å². The second kappa shape index (κ2) is 6.75. The van der Waals surface area contributed by atoms with Crippen LogP contribution in [-0.2, 0) is 13.1 Å². The lowest BCUT2D eigenvalue weighted by Gasteiger charge is -2.09. The van der Waals surface area contributed by atoms with Gasteiger partial charge >= 0.3 is 0 Å². The number of rotatable bonds is 6. The summed E-state index contributed by atoms with van der Waals surface area (Å²) < 4.78 is 2.13. The second-order valence-corrected chi connectivity index (χ2v) is 4.55. The van der Waals surface area contributed by atoms with Crippen molar-refractivity contribution in [3.63, 3.8) is 0 Å². The largest absolute Gasteiger partial charge is 0.378 e. The van der Waals surface area contributed by atoms with Gasteiger partial charge in [-0.2, -0.15) is 0 Å². The molecule has 1 aromatic heterocycles. The average molecular weight is 272 g/mol. The summed E-state index contributed by atoms with van der Waals surface area (Å²) in [6.07, 6.45) is 4.88. The molecule has 0 saturated carbocycles. The predicted molar refractivity (Wildman–Crippen MR) is 79.7 cm³/mol. The predicted octanol–water partition coefficient (Wildman–Crippen LogP) is 2.26. The van der Waals surface area contributed by atoms with E-state index in [1.165, 1.54) is 0 Å². The standard InChI is InChI=1S/C15H20N4O/c1-3-8-19-9-7-17-14(19)11-18-13-6-4-5-12(10-13)15(20)16-2/h4-7,9-10,18H,3,8,11H2,1-2H3,(H,16,20). The lowest BCUT2D eigenvalue weighted by molar-refractivity contribution is 0.0963. The van der Waals surface area contributed by atoms with Crippen LogP contribution in [0, 0.1) is 0 Å². The molecule has 106 valence electrons. The van der Waals surface area contributed by atoms with Crippen molar-refractivity contribution in [1.29, 1.82) is 0 Å². The van der Waals surface area contributed by atoms with E-state index in [9.17, 15) is 4.79 Å². The van der Waals surface area contributed by atoms with Crippen LogP contribution in [0.1, 0.15) is 29.5 Å². The van der Waals surface area contributed by atoms with Crippen LogP contribution in [0.15, 0.2) is 36.7 Å². The van der Waals surface area contributed by atoms with Gasteiger partial charge in [0.1, 0.15) is 5.82 Å². The molecule has 0 atom stereocenters. The zero-order valence-corrected chi connectivity index (χ0v) is 11.9. The van der Waals surface area contributed by atoms with Crippen molar-refractivity contribution >= 4 is 11.6 Å². The Morgan fingerprint density at radius 1 is 1.40 bits per heavy atom. The molecular formula is C15H20N4O. The number of anilines is 1. The molecular weight excluding hydrogens is 252 g/mol. The Morgan fingerprint density at radius 3 is 3.00 bits per heavy atom. The Hall–Kier alpha value is -2.30. The molecule has 2 N–H and O–H groups in total. The summed E-state index contributed by atoms with van der Waals surface area (Å²) in [4.78, 5) is 15.9. The van der Waals surface area contributed by atoms with Gasteiger partial charge < -0.3 is 15.2 Å². The number of nitrogens with zero attached hydrogens (tertiary/aromatic N) is 2. The topological polar surface area (TPSA) is 59.0 Å². The fraction of sp³-hybridized carbons (Fsp3) is 0.333. The third kappa shape index (κ3) is 3.38. The first-order valence-electron chi connectivity index (χ1n) is 6.80. The van der Waals surface area contributed by atoms with Crippen LogP contribution in [0.25, 0.3) is 0 Å². The van der Waals surface area contributed by atoms with Gasteiger partial charge in [-0.1, -0.05) is 13.0 Å². The molecule has 2 aromatic rings. The molecule has 20 heavy (non-hydrogen) atoms. The molecule has 1 amide bonds. The van der Waals surface area contributed by atoms with E-state index in [0.29, 0.717) is 12.1 Å². The Balaban J connectivity index is 2.03. The van der Waals surface area contributed by atoms with Crippen LogP contribution in [0.3, 0.4) is 0 Å². The molecule has 0 aliphatic heterocycles. The number of carbonyl (C=O) groups is 1. The summed E-state index contributed by atoms with van der Waals surface area (Å²) in [6, 6.07) is 7.44. The Morgan fingerprint density at radius 2 is 2.25 bits per heavy atom. The van der Waals surface area contributed by atoms with E-state index >= 15 is 0 Å². The zero-order chi connectivity index (χ0) is 14.4. The number of amides is 1. The normalized spacial score (nSPS) is 10.3. The first kappa shape index (κ1) is 14.1. The Kier molecular flexibility index (Phi) is 4.76. The van der Waals surface area contributed by atoms with Gasteiger partial charge in [0.15, 0.2) is 0 Å². The SMILES string of the molecule is CCCn1ccnc1CNc1cccc(C(=O)NC)c1. The first-order valence-corrected chi connectivity index (χ1v) is 6.80. The summed E-state index contributed by atoms with van der Waals surface area (Å²) >= 11 is 0. The number of aryl methyl sites for hydroxylation is 1. The second-order valence-electron chi connectivity index (χ2n) is 4.55. The number of hydrogen-bond donors (Lipinski definition) is 2. The van der Waals surface area contributed by atoms with E-state index in [2.05, 4.69) is 27.1 Å². The highest BCUT2D eigenvalue weighted by Gasteiger charge is 2.05. The molecule has 0 aliphatic rings. The van der Waals surface area contributed by atoms with Crippen molar-refractivity contribution < 1.29 is 4.79 Å². The van der Waals surface area contributed by atoms with Gasteiger partial charge in [0.25, 0.3) is 5.91 Å². The van der Waals surface area contributed by atoms with Crippen LogP contribution in [0.2, 0.25) is 0 Å². The van der Waals surface area contributed by atoms with Crippen LogP contribution in [0.5, 0.6) is 0 Å². The number of hydrogen-bond acceptors (Lipinski definition) is 3. The fourth-order valence-electron chi connectivity index (χ4n) is 2.05. The van der Waals surface area contributed by atoms with Gasteiger partial charge in [-0.25, -0.2) is 4.98 Å². The van der Waals surface area contributed by atoms with Gasteiger partial charge in [0, 0.05) is 37.2 Å². The smallest absolute Gasteiger partial charge is 0.251 e. The summed E-state index contributed by atoms with van der Waals surface area (Å²) in [5.41, 5.74) is 1.56. The van der Waals surface area contributed by atoms with Crippen molar-refractivity contribution in [2.75, 3.05) is 12.4 Å². The maximum absolute atomic E-state index is 11.6. The highest BCUT2D eigenvalue weighted by molar-refractivity contribution is 5.94. The fourth-order valence-corrected chi connectivity index (χ4v) is 2.05. The minimum atomic E-state index is -0.0823. The minimum absolute atomic E-state index is 0.0823. The average Bonchev–Trinajstić information content (AvgIpc) is 2.92. The van der Waals surface area contributed by atoms with E-state index in [0.717, 1.165) is 24.5 Å². The van der Waals surface area contributed by atoms with Crippen molar-refractivity contribution in [2.24, 2.45) is 0 Å². The summed E-state index contributed by atoms with van der Waals surface area (Å²) in [5.74, 6) is 0.915. The third-order valence-corrected chi connectivity index (χ3v) is 3.07. The van der Waals surface area contributed by atoms with Crippen molar-refractivity contribution in [2.45, 2.75) is 26.4 Å². The van der Waals surface area contributed by atoms with Gasteiger partial charge in [-0.05, 0) is 24.6 Å². The summed E-state index contributed by atoms with van der Waals surface area (Å²) in [6.45, 7) is 3.75. The molecule has 5 heteroatoms. The molecule has 5 nitrogen and oxygen atoms in total. The van der Waals surface area contributed by atoms with Crippen molar-refractivity contribution in [1.82, 2.24) is 14.9 Å². The molecule has 0 bridgehead atoms. The number of nitrogens with one attached hydrogen (secondary N) is 2. The molecule has 0 spiro atoms. The quantitative estimate of drug-likeness (QED) is 0.848. The van der Waals surface area contributed by atoms with E-state index in [1.807, 2.05) is 30.6 Å². The van der Waals surface area contributed by atoms with Gasteiger partial charge in [-0.15, -0.1) is 0 Å². The minimum Gasteiger partial charge on any atom is -0.378 e. The molecule has 0 aliphatic carbocycles. The molecule has 2 rings (SSSR count). The highest BCUT2D eigenvalue weighted by atomic mass is 16.1. The zero-order valence-electron chi connectivity index (χ0n) is 11.9. The Labute approximate surface area is 119 Å². The molecule has 0 saturated heterocycles.